The summed E-state index contributed by atoms with van der Waals surface area (Å²) in [7, 11) is 0. The van der Waals surface area contributed by atoms with Gasteiger partial charge in [0.2, 0.25) is 17.7 Å². The van der Waals surface area contributed by atoms with Gasteiger partial charge in [0.25, 0.3) is 0 Å². The van der Waals surface area contributed by atoms with Gasteiger partial charge in [-0.3, -0.25) is 24.2 Å². The summed E-state index contributed by atoms with van der Waals surface area (Å²) >= 11 is 0. The predicted octanol–water partition coefficient (Wildman–Crippen LogP) is -2.55. The Balaban J connectivity index is 5.15. The Labute approximate surface area is 191 Å². The van der Waals surface area contributed by atoms with Gasteiger partial charge in [-0.05, 0) is 25.7 Å². The first-order chi connectivity index (χ1) is 15.3. The van der Waals surface area contributed by atoms with Crippen molar-refractivity contribution in [1.82, 2.24) is 16.0 Å². The number of aliphatic imine (C=N–C) groups is 1. The van der Waals surface area contributed by atoms with Gasteiger partial charge < -0.3 is 43.4 Å². The molecule has 0 aliphatic heterocycles. The number of carboxylic acids is 2. The van der Waals surface area contributed by atoms with Gasteiger partial charge in [-0.2, -0.15) is 0 Å². The normalized spacial score (nSPS) is 15.2. The van der Waals surface area contributed by atoms with Crippen LogP contribution in [0.5, 0.6) is 0 Å². The molecule has 0 radical (unpaired) electrons. The fraction of sp³-hybridized carbons (Fsp3) is 0.684. The highest BCUT2D eigenvalue weighted by Crippen LogP contribution is 2.10. The minimum atomic E-state index is -1.35. The number of rotatable bonds is 15. The lowest BCUT2D eigenvalue weighted by atomic mass is 9.97. The molecule has 0 bridgehead atoms. The molecular formula is C19H35N7O7. The molecule has 0 spiro atoms. The molecule has 14 nitrogen and oxygen atoms in total. The third-order valence-electron chi connectivity index (χ3n) is 4.84. The fourth-order valence-electron chi connectivity index (χ4n) is 2.67. The number of amides is 3. The van der Waals surface area contributed by atoms with Gasteiger partial charge in [0.05, 0.1) is 12.5 Å². The molecule has 14 heteroatoms. The van der Waals surface area contributed by atoms with E-state index in [0.717, 1.165) is 0 Å². The molecule has 0 saturated heterocycles. The maximum Gasteiger partial charge on any atom is 0.326 e. The summed E-state index contributed by atoms with van der Waals surface area (Å²) < 4.78 is 0. The van der Waals surface area contributed by atoms with Gasteiger partial charge in [-0.15, -0.1) is 0 Å². The van der Waals surface area contributed by atoms with Crippen molar-refractivity contribution in [1.29, 1.82) is 0 Å². The Morgan fingerprint density at radius 2 is 1.55 bits per heavy atom. The lowest BCUT2D eigenvalue weighted by Gasteiger charge is -2.27. The standard InChI is InChI=1S/C19H35N7O7/c1-4-9(2)14(17(31)25-12(18(32)33)6-5-7-23-19(21)22)26-15(29)10(3)24-16(30)11(20)8-13(27)28/h9-12,14H,4-8,20H2,1-3H3,(H,24,30)(H,25,31)(H,26,29)(H,27,28)(H,32,33)(H4,21,22,23). The van der Waals surface area contributed by atoms with Gasteiger partial charge in [-0.1, -0.05) is 20.3 Å². The minimum absolute atomic E-state index is 0.0625. The van der Waals surface area contributed by atoms with Crippen molar-refractivity contribution in [2.75, 3.05) is 6.54 Å². The second kappa shape index (κ2) is 14.6. The van der Waals surface area contributed by atoms with Crippen LogP contribution in [0.4, 0.5) is 0 Å². The van der Waals surface area contributed by atoms with Crippen LogP contribution < -0.4 is 33.2 Å². The summed E-state index contributed by atoms with van der Waals surface area (Å²) in [6.07, 6.45) is 0.241. The maximum atomic E-state index is 12.8. The highest BCUT2D eigenvalue weighted by atomic mass is 16.4. The first-order valence-corrected chi connectivity index (χ1v) is 10.5. The van der Waals surface area contributed by atoms with E-state index in [-0.39, 0.29) is 24.8 Å². The SMILES string of the molecule is CCC(C)C(NC(=O)C(C)NC(=O)C(N)CC(=O)O)C(=O)NC(CCCN=C(N)N)C(=O)O. The summed E-state index contributed by atoms with van der Waals surface area (Å²) in [5.41, 5.74) is 15.9. The molecule has 0 aromatic carbocycles. The number of aliphatic carboxylic acids is 2. The number of guanidine groups is 1. The van der Waals surface area contributed by atoms with Gasteiger partial charge in [0, 0.05) is 6.54 Å². The highest BCUT2D eigenvalue weighted by Gasteiger charge is 2.31. The molecule has 0 aromatic heterocycles. The largest absolute Gasteiger partial charge is 0.481 e. The molecule has 33 heavy (non-hydrogen) atoms. The number of hydrogen-bond acceptors (Lipinski definition) is 7. The van der Waals surface area contributed by atoms with Crippen molar-refractivity contribution < 1.29 is 34.2 Å². The molecule has 0 aromatic rings. The second-order valence-electron chi connectivity index (χ2n) is 7.65. The van der Waals surface area contributed by atoms with Crippen molar-refractivity contribution in [2.24, 2.45) is 28.1 Å². The molecule has 0 saturated carbocycles. The predicted molar refractivity (Wildman–Crippen MR) is 119 cm³/mol. The third-order valence-corrected chi connectivity index (χ3v) is 4.84. The van der Waals surface area contributed by atoms with Gasteiger partial charge in [-0.25, -0.2) is 4.79 Å². The van der Waals surface area contributed by atoms with Crippen molar-refractivity contribution in [3.63, 3.8) is 0 Å². The van der Waals surface area contributed by atoms with Crippen LogP contribution in [0.25, 0.3) is 0 Å². The van der Waals surface area contributed by atoms with E-state index in [0.29, 0.717) is 12.8 Å². The topological polar surface area (TPSA) is 252 Å². The van der Waals surface area contributed by atoms with Crippen LogP contribution in [0.3, 0.4) is 0 Å². The summed E-state index contributed by atoms with van der Waals surface area (Å²) in [6, 6.07) is -4.76. The van der Waals surface area contributed by atoms with Crippen molar-refractivity contribution in [3.8, 4) is 0 Å². The first-order valence-electron chi connectivity index (χ1n) is 10.5. The molecule has 0 aliphatic carbocycles. The Kier molecular flexibility index (Phi) is 13.1. The molecule has 0 rings (SSSR count). The van der Waals surface area contributed by atoms with Crippen molar-refractivity contribution in [3.05, 3.63) is 0 Å². The van der Waals surface area contributed by atoms with Crippen LogP contribution >= 0.6 is 0 Å². The van der Waals surface area contributed by atoms with Crippen LogP contribution in [0.2, 0.25) is 0 Å². The van der Waals surface area contributed by atoms with E-state index in [1.165, 1.54) is 6.92 Å². The quantitative estimate of drug-likeness (QED) is 0.0701. The summed E-state index contributed by atoms with van der Waals surface area (Å²) in [5, 5.41) is 25.3. The first kappa shape index (κ1) is 29.6. The van der Waals surface area contributed by atoms with Crippen LogP contribution in [0, 0.1) is 5.92 Å². The van der Waals surface area contributed by atoms with Gasteiger partial charge in [0.1, 0.15) is 18.1 Å². The van der Waals surface area contributed by atoms with Gasteiger partial charge >= 0.3 is 11.9 Å². The summed E-state index contributed by atoms with van der Waals surface area (Å²) in [5.74, 6) is -5.27. The van der Waals surface area contributed by atoms with Crippen LogP contribution in [0.15, 0.2) is 4.99 Å². The molecule has 5 unspecified atom stereocenters. The molecule has 188 valence electrons. The van der Waals surface area contributed by atoms with E-state index >= 15 is 0 Å². The van der Waals surface area contributed by atoms with Crippen LogP contribution in [-0.4, -0.2) is 76.5 Å². The molecule has 5 atom stereocenters. The third kappa shape index (κ3) is 11.7. The summed E-state index contributed by atoms with van der Waals surface area (Å²) in [6.45, 7) is 5.02. The molecule has 0 heterocycles. The van der Waals surface area contributed by atoms with Crippen LogP contribution in [-0.2, 0) is 24.0 Å². The summed E-state index contributed by atoms with van der Waals surface area (Å²) in [4.78, 5) is 63.2. The number of hydrogen-bond donors (Lipinski definition) is 8. The van der Waals surface area contributed by atoms with E-state index in [9.17, 15) is 29.1 Å². The number of nitrogens with two attached hydrogens (primary N) is 3. The van der Waals surface area contributed by atoms with E-state index in [1.54, 1.807) is 13.8 Å². The number of nitrogens with one attached hydrogen (secondary N) is 3. The van der Waals surface area contributed by atoms with Crippen LogP contribution in [0.1, 0.15) is 46.5 Å². The molecule has 0 fully saturated rings. The second-order valence-corrected chi connectivity index (χ2v) is 7.65. The van der Waals surface area contributed by atoms with E-state index in [4.69, 9.17) is 22.3 Å². The Bertz CT molecular complexity index is 740. The average Bonchev–Trinajstić information content (AvgIpc) is 2.72. The number of carbonyl (C=O) groups is 5. The Morgan fingerprint density at radius 3 is 2.03 bits per heavy atom. The van der Waals surface area contributed by atoms with E-state index in [1.807, 2.05) is 0 Å². The minimum Gasteiger partial charge on any atom is -0.481 e. The fourth-order valence-corrected chi connectivity index (χ4v) is 2.67. The van der Waals surface area contributed by atoms with Crippen molar-refractivity contribution in [2.45, 2.75) is 70.6 Å². The zero-order valence-corrected chi connectivity index (χ0v) is 19.0. The Morgan fingerprint density at radius 1 is 0.939 bits per heavy atom. The van der Waals surface area contributed by atoms with E-state index < -0.39 is 60.2 Å². The Hall–Kier alpha value is -3.42. The number of carboxylic acid groups (broad SMARTS) is 2. The zero-order chi connectivity index (χ0) is 25.7. The lowest BCUT2D eigenvalue weighted by molar-refractivity contribution is -0.142. The van der Waals surface area contributed by atoms with Gasteiger partial charge in [0.15, 0.2) is 5.96 Å². The molecule has 11 N–H and O–H groups in total. The van der Waals surface area contributed by atoms with E-state index in [2.05, 4.69) is 20.9 Å². The number of nitrogens with zero attached hydrogens (tertiary/aromatic N) is 1. The maximum absolute atomic E-state index is 12.8. The average molecular weight is 474 g/mol. The number of carbonyl (C=O) groups excluding carboxylic acids is 3. The highest BCUT2D eigenvalue weighted by molar-refractivity contribution is 5.94. The lowest BCUT2D eigenvalue weighted by Crippen LogP contribution is -2.58. The zero-order valence-electron chi connectivity index (χ0n) is 19.0. The molecular weight excluding hydrogens is 438 g/mol. The molecule has 0 aliphatic rings. The monoisotopic (exact) mass is 473 g/mol. The molecule has 3 amide bonds. The van der Waals surface area contributed by atoms with Crippen molar-refractivity contribution >= 4 is 35.6 Å². The smallest absolute Gasteiger partial charge is 0.326 e.